The van der Waals surface area contributed by atoms with Gasteiger partial charge in [-0.2, -0.15) is 0 Å². The molecule has 0 nitrogen and oxygen atoms in total. The fourth-order valence-corrected chi connectivity index (χ4v) is 3.46. The average Bonchev–Trinajstić information content (AvgIpc) is 2.41. The van der Waals surface area contributed by atoms with Crippen molar-refractivity contribution in [2.24, 2.45) is 0 Å². The molecule has 0 aliphatic rings. The van der Waals surface area contributed by atoms with Gasteiger partial charge in [-0.15, -0.1) is 11.6 Å². The number of benzene rings is 2. The fourth-order valence-electron chi connectivity index (χ4n) is 2.96. The summed E-state index contributed by atoms with van der Waals surface area (Å²) < 4.78 is 0. The van der Waals surface area contributed by atoms with Crippen LogP contribution in [0.1, 0.15) is 49.9 Å². The van der Waals surface area contributed by atoms with Gasteiger partial charge in [-0.25, -0.2) is 0 Å². The second-order valence-corrected chi connectivity index (χ2v) is 6.79. The summed E-state index contributed by atoms with van der Waals surface area (Å²) in [6.07, 6.45) is 0.882. The minimum Gasteiger partial charge on any atom is -0.117 e. The van der Waals surface area contributed by atoms with Gasteiger partial charge in [0.1, 0.15) is 0 Å². The highest BCUT2D eigenvalue weighted by Crippen LogP contribution is 2.33. The highest BCUT2D eigenvalue weighted by molar-refractivity contribution is 6.21. The molecule has 1 heteroatoms. The SMILES string of the molecule is Cc1ccc(CC(Cl)c2c(C)c(C)cc(C)c2C)cc1C. The third-order valence-corrected chi connectivity index (χ3v) is 5.10. The molecule has 0 bridgehead atoms. The molecule has 0 fully saturated rings. The predicted octanol–water partition coefficient (Wildman–Crippen LogP) is 6.06. The topological polar surface area (TPSA) is 0 Å². The quantitative estimate of drug-likeness (QED) is 0.604. The second kappa shape index (κ2) is 6.23. The lowest BCUT2D eigenvalue weighted by Crippen LogP contribution is -2.05. The molecule has 2 aromatic carbocycles. The van der Waals surface area contributed by atoms with Crippen LogP contribution in [0.25, 0.3) is 0 Å². The van der Waals surface area contributed by atoms with Crippen LogP contribution < -0.4 is 0 Å². The van der Waals surface area contributed by atoms with E-state index in [0.29, 0.717) is 0 Å². The first kappa shape index (κ1) is 16.1. The molecule has 1 unspecified atom stereocenters. The van der Waals surface area contributed by atoms with E-state index in [1.165, 1.54) is 44.5 Å². The van der Waals surface area contributed by atoms with Gasteiger partial charge in [0.2, 0.25) is 0 Å². The van der Waals surface area contributed by atoms with Crippen molar-refractivity contribution in [1.29, 1.82) is 0 Å². The van der Waals surface area contributed by atoms with Crippen molar-refractivity contribution in [1.82, 2.24) is 0 Å². The summed E-state index contributed by atoms with van der Waals surface area (Å²) in [4.78, 5) is 0. The first-order chi connectivity index (χ1) is 9.81. The first-order valence-corrected chi connectivity index (χ1v) is 8.02. The molecule has 2 aromatic rings. The van der Waals surface area contributed by atoms with Crippen LogP contribution in [0.15, 0.2) is 24.3 Å². The van der Waals surface area contributed by atoms with E-state index >= 15 is 0 Å². The van der Waals surface area contributed by atoms with Crippen LogP contribution in [-0.2, 0) is 6.42 Å². The van der Waals surface area contributed by atoms with Crippen LogP contribution in [0.2, 0.25) is 0 Å². The molecule has 0 N–H and O–H groups in total. The van der Waals surface area contributed by atoms with E-state index in [2.05, 4.69) is 65.8 Å². The summed E-state index contributed by atoms with van der Waals surface area (Å²) in [5.41, 5.74) is 10.6. The maximum atomic E-state index is 6.79. The zero-order valence-electron chi connectivity index (χ0n) is 14.0. The van der Waals surface area contributed by atoms with Gasteiger partial charge < -0.3 is 0 Å². The van der Waals surface area contributed by atoms with Crippen LogP contribution >= 0.6 is 11.6 Å². The van der Waals surface area contributed by atoms with Gasteiger partial charge in [0.15, 0.2) is 0 Å². The summed E-state index contributed by atoms with van der Waals surface area (Å²) in [7, 11) is 0. The standard InChI is InChI=1S/C20H25Cl/c1-12-7-8-18(10-13(12)2)11-19(21)20-16(5)14(3)9-15(4)17(20)6/h7-10,19H,11H2,1-6H3. The average molecular weight is 301 g/mol. The van der Waals surface area contributed by atoms with Gasteiger partial charge in [0, 0.05) is 0 Å². The lowest BCUT2D eigenvalue weighted by atomic mass is 9.90. The number of hydrogen-bond donors (Lipinski definition) is 0. The van der Waals surface area contributed by atoms with Crippen molar-refractivity contribution in [2.45, 2.75) is 53.3 Å². The molecule has 0 saturated heterocycles. The number of hydrogen-bond acceptors (Lipinski definition) is 0. The van der Waals surface area contributed by atoms with E-state index in [1.54, 1.807) is 0 Å². The Morgan fingerprint density at radius 1 is 0.762 bits per heavy atom. The van der Waals surface area contributed by atoms with Gasteiger partial charge in [-0.05, 0) is 92.5 Å². The fraction of sp³-hybridized carbons (Fsp3) is 0.400. The van der Waals surface area contributed by atoms with Crippen molar-refractivity contribution < 1.29 is 0 Å². The zero-order chi connectivity index (χ0) is 15.7. The van der Waals surface area contributed by atoms with Gasteiger partial charge in [-0.3, -0.25) is 0 Å². The maximum Gasteiger partial charge on any atom is 0.0630 e. The molecule has 0 aromatic heterocycles. The third kappa shape index (κ3) is 3.32. The Morgan fingerprint density at radius 2 is 1.33 bits per heavy atom. The first-order valence-electron chi connectivity index (χ1n) is 7.58. The summed E-state index contributed by atoms with van der Waals surface area (Å²) in [6.45, 7) is 13.0. The van der Waals surface area contributed by atoms with Crippen LogP contribution in [-0.4, -0.2) is 0 Å². The summed E-state index contributed by atoms with van der Waals surface area (Å²) in [5.74, 6) is 0. The lowest BCUT2D eigenvalue weighted by molar-refractivity contribution is 0.890. The van der Waals surface area contributed by atoms with Crippen molar-refractivity contribution in [3.63, 3.8) is 0 Å². The molecule has 0 saturated carbocycles. The molecule has 2 rings (SSSR count). The van der Waals surface area contributed by atoms with E-state index in [9.17, 15) is 0 Å². The smallest absolute Gasteiger partial charge is 0.0630 e. The van der Waals surface area contributed by atoms with Crippen LogP contribution in [0, 0.1) is 41.5 Å². The van der Waals surface area contributed by atoms with Crippen LogP contribution in [0.3, 0.4) is 0 Å². The molecule has 0 heterocycles. The monoisotopic (exact) mass is 300 g/mol. The molecule has 0 radical (unpaired) electrons. The zero-order valence-corrected chi connectivity index (χ0v) is 14.7. The lowest BCUT2D eigenvalue weighted by Gasteiger charge is -2.20. The molecule has 0 amide bonds. The van der Waals surface area contributed by atoms with Gasteiger partial charge in [0.25, 0.3) is 0 Å². The van der Waals surface area contributed by atoms with Crippen molar-refractivity contribution in [3.8, 4) is 0 Å². The van der Waals surface area contributed by atoms with E-state index in [0.717, 1.165) is 6.42 Å². The van der Waals surface area contributed by atoms with Crippen molar-refractivity contribution in [3.05, 3.63) is 68.8 Å². The Labute approximate surface area is 134 Å². The van der Waals surface area contributed by atoms with Gasteiger partial charge in [-0.1, -0.05) is 24.3 Å². The molecule has 0 aliphatic heterocycles. The number of halogens is 1. The third-order valence-electron chi connectivity index (χ3n) is 4.72. The van der Waals surface area contributed by atoms with Crippen LogP contribution in [0.5, 0.6) is 0 Å². The van der Waals surface area contributed by atoms with E-state index in [4.69, 9.17) is 11.6 Å². The minimum absolute atomic E-state index is 0.0331. The van der Waals surface area contributed by atoms with Crippen LogP contribution in [0.4, 0.5) is 0 Å². The number of rotatable bonds is 3. The highest BCUT2D eigenvalue weighted by Gasteiger charge is 2.17. The van der Waals surface area contributed by atoms with Gasteiger partial charge >= 0.3 is 0 Å². The molecular formula is C20H25Cl. The molecule has 0 aliphatic carbocycles. The second-order valence-electron chi connectivity index (χ2n) is 6.26. The summed E-state index contributed by atoms with van der Waals surface area (Å²) >= 11 is 6.79. The van der Waals surface area contributed by atoms with Crippen molar-refractivity contribution >= 4 is 11.6 Å². The van der Waals surface area contributed by atoms with E-state index in [-0.39, 0.29) is 5.38 Å². The molecule has 0 spiro atoms. The minimum atomic E-state index is 0.0331. The predicted molar refractivity (Wildman–Crippen MR) is 93.6 cm³/mol. The summed E-state index contributed by atoms with van der Waals surface area (Å²) in [6, 6.07) is 8.91. The summed E-state index contributed by atoms with van der Waals surface area (Å²) in [5, 5.41) is 0.0331. The Hall–Kier alpha value is -1.27. The molecular weight excluding hydrogens is 276 g/mol. The Kier molecular flexibility index (Phi) is 4.78. The maximum absolute atomic E-state index is 6.79. The molecule has 21 heavy (non-hydrogen) atoms. The largest absolute Gasteiger partial charge is 0.117 e. The Bertz CT molecular complexity index is 642. The highest BCUT2D eigenvalue weighted by atomic mass is 35.5. The number of aryl methyl sites for hydroxylation is 4. The molecule has 1 atom stereocenters. The van der Waals surface area contributed by atoms with Gasteiger partial charge in [0.05, 0.1) is 5.38 Å². The van der Waals surface area contributed by atoms with Crippen molar-refractivity contribution in [2.75, 3.05) is 0 Å². The Balaban J connectivity index is 2.36. The number of alkyl halides is 1. The van der Waals surface area contributed by atoms with E-state index in [1.807, 2.05) is 0 Å². The normalized spacial score (nSPS) is 12.5. The Morgan fingerprint density at radius 3 is 1.86 bits per heavy atom. The van der Waals surface area contributed by atoms with E-state index < -0.39 is 0 Å². The molecule has 112 valence electrons.